The molecule has 0 radical (unpaired) electrons. The number of benzene rings is 2. The molecule has 0 aliphatic carbocycles. The van der Waals surface area contributed by atoms with E-state index < -0.39 is 23.7 Å². The summed E-state index contributed by atoms with van der Waals surface area (Å²) in [7, 11) is 1.52. The number of rotatable bonds is 6. The molecule has 1 aromatic heterocycles. The van der Waals surface area contributed by atoms with E-state index in [1.807, 2.05) is 6.92 Å². The normalized spacial score (nSPS) is 15.7. The minimum absolute atomic E-state index is 0.0599. The highest BCUT2D eigenvalue weighted by Gasteiger charge is 2.36. The molecule has 2 atom stereocenters. The number of aromatic nitrogens is 2. The number of nitrogens with one attached hydrogen (secondary N) is 2. The predicted molar refractivity (Wildman–Crippen MR) is 149 cm³/mol. The number of halogens is 4. The first kappa shape index (κ1) is 29.1. The van der Waals surface area contributed by atoms with E-state index in [-0.39, 0.29) is 46.5 Å². The predicted octanol–water partition coefficient (Wildman–Crippen LogP) is 4.95. The van der Waals surface area contributed by atoms with Crippen LogP contribution in [-0.2, 0) is 19.1 Å². The first-order valence-electron chi connectivity index (χ1n) is 12.4. The second-order valence-electron chi connectivity index (χ2n) is 9.47. The number of alkyl halides is 3. The molecule has 0 saturated carbocycles. The van der Waals surface area contributed by atoms with Gasteiger partial charge < -0.3 is 15.5 Å². The van der Waals surface area contributed by atoms with Gasteiger partial charge in [0.05, 0.1) is 23.5 Å². The van der Waals surface area contributed by atoms with Crippen molar-refractivity contribution in [2.45, 2.75) is 45.1 Å². The summed E-state index contributed by atoms with van der Waals surface area (Å²) in [6.07, 6.45) is -2.85. The Bertz CT molecular complexity index is 1540. The highest BCUT2D eigenvalue weighted by atomic mass is 79.9. The molecule has 2 N–H and O–H groups in total. The molecule has 0 spiro atoms. The van der Waals surface area contributed by atoms with Crippen molar-refractivity contribution in [3.05, 3.63) is 97.9 Å². The lowest BCUT2D eigenvalue weighted by atomic mass is 9.98. The van der Waals surface area contributed by atoms with E-state index in [4.69, 9.17) is 0 Å². The first-order valence-corrected chi connectivity index (χ1v) is 13.2. The van der Waals surface area contributed by atoms with Crippen LogP contribution >= 0.6 is 15.9 Å². The van der Waals surface area contributed by atoms with Gasteiger partial charge >= 0.3 is 6.18 Å². The van der Waals surface area contributed by atoms with Crippen molar-refractivity contribution in [2.24, 2.45) is 0 Å². The van der Waals surface area contributed by atoms with Gasteiger partial charge in [0.1, 0.15) is 0 Å². The highest BCUT2D eigenvalue weighted by molar-refractivity contribution is 9.10. The van der Waals surface area contributed by atoms with Crippen molar-refractivity contribution < 1.29 is 22.8 Å². The van der Waals surface area contributed by atoms with E-state index in [0.717, 1.165) is 6.07 Å². The highest BCUT2D eigenvalue weighted by Crippen LogP contribution is 2.36. The molecule has 2 heterocycles. The maximum atomic E-state index is 13.8. The van der Waals surface area contributed by atoms with Gasteiger partial charge in [-0.1, -0.05) is 22.0 Å². The zero-order chi connectivity index (χ0) is 29.4. The lowest BCUT2D eigenvalue weighted by molar-refractivity contribution is -0.138. The van der Waals surface area contributed by atoms with E-state index >= 15 is 0 Å². The van der Waals surface area contributed by atoms with E-state index in [0.29, 0.717) is 22.5 Å². The maximum absolute atomic E-state index is 13.8. The van der Waals surface area contributed by atoms with Crippen LogP contribution in [0.3, 0.4) is 0 Å². The Labute approximate surface area is 237 Å². The number of anilines is 1. The Morgan fingerprint density at radius 1 is 1.18 bits per heavy atom. The average Bonchev–Trinajstić information content (AvgIpc) is 2.92. The monoisotopic (exact) mass is 617 g/mol. The van der Waals surface area contributed by atoms with Crippen molar-refractivity contribution in [3.8, 4) is 5.69 Å². The smallest absolute Gasteiger partial charge is 0.355 e. The molecule has 12 heteroatoms. The number of carbonyl (C=O) groups is 2. The van der Waals surface area contributed by atoms with Gasteiger partial charge in [0.15, 0.2) is 0 Å². The van der Waals surface area contributed by atoms with Crippen LogP contribution in [-0.4, -0.2) is 45.4 Å². The van der Waals surface area contributed by atoms with Crippen LogP contribution in [0.2, 0.25) is 0 Å². The Morgan fingerprint density at radius 2 is 1.82 bits per heavy atom. The molecule has 40 heavy (non-hydrogen) atoms. The minimum Gasteiger partial charge on any atom is -0.355 e. The molecule has 1 unspecified atom stereocenters. The number of amides is 2. The second kappa shape index (κ2) is 11.3. The molecule has 1 aliphatic rings. The number of carbonyl (C=O) groups excluding carboxylic acids is 2. The van der Waals surface area contributed by atoms with E-state index in [1.165, 1.54) is 28.6 Å². The van der Waals surface area contributed by atoms with Gasteiger partial charge in [-0.3, -0.25) is 14.4 Å². The van der Waals surface area contributed by atoms with Crippen molar-refractivity contribution >= 4 is 33.7 Å². The summed E-state index contributed by atoms with van der Waals surface area (Å²) in [6.45, 7) is 7.26. The molecular formula is C28H27BrF3N5O3. The zero-order valence-corrected chi connectivity index (χ0v) is 23.6. The third-order valence-corrected chi connectivity index (χ3v) is 7.41. The summed E-state index contributed by atoms with van der Waals surface area (Å²) in [4.78, 5) is 45.3. The Kier molecular flexibility index (Phi) is 8.20. The van der Waals surface area contributed by atoms with Crippen molar-refractivity contribution in [1.29, 1.82) is 0 Å². The van der Waals surface area contributed by atoms with Crippen molar-refractivity contribution in [3.63, 3.8) is 0 Å². The SMILES string of the molecule is C=CC(C)Nc1nc2c(c(=O)n1-c1ccc(C(=O)NC)cc1)C[C@@H](C)N(C(=O)c1ccc(Br)c(C(F)(F)F)c1)C2. The van der Waals surface area contributed by atoms with Crippen LogP contribution in [0.25, 0.3) is 5.69 Å². The molecule has 1 aliphatic heterocycles. The molecule has 0 bridgehead atoms. The van der Waals surface area contributed by atoms with Crippen molar-refractivity contribution in [1.82, 2.24) is 19.8 Å². The molecule has 210 valence electrons. The number of nitrogens with zero attached hydrogens (tertiary/aromatic N) is 3. The fourth-order valence-electron chi connectivity index (χ4n) is 4.48. The number of fused-ring (bicyclic) bond motifs is 1. The second-order valence-corrected chi connectivity index (χ2v) is 10.3. The molecule has 8 nitrogen and oxygen atoms in total. The van der Waals surface area contributed by atoms with E-state index in [9.17, 15) is 27.6 Å². The lowest BCUT2D eigenvalue weighted by Crippen LogP contribution is -2.46. The lowest BCUT2D eigenvalue weighted by Gasteiger charge is -2.35. The largest absolute Gasteiger partial charge is 0.417 e. The number of hydrogen-bond acceptors (Lipinski definition) is 5. The summed E-state index contributed by atoms with van der Waals surface area (Å²) >= 11 is 2.90. The molecular weight excluding hydrogens is 591 g/mol. The molecule has 2 amide bonds. The van der Waals surface area contributed by atoms with Gasteiger partial charge in [-0.15, -0.1) is 6.58 Å². The third-order valence-electron chi connectivity index (χ3n) is 6.72. The molecule has 3 aromatic rings. The summed E-state index contributed by atoms with van der Waals surface area (Å²) < 4.78 is 41.6. The Morgan fingerprint density at radius 3 is 2.42 bits per heavy atom. The van der Waals surface area contributed by atoms with Gasteiger partial charge in [0, 0.05) is 40.3 Å². The molecule has 0 fully saturated rings. The van der Waals surface area contributed by atoms with Gasteiger partial charge in [-0.2, -0.15) is 13.2 Å². The molecule has 2 aromatic carbocycles. The van der Waals surface area contributed by atoms with E-state index in [1.54, 1.807) is 37.3 Å². The fraction of sp³-hybridized carbons (Fsp3) is 0.286. The average molecular weight is 618 g/mol. The van der Waals surface area contributed by atoms with Gasteiger partial charge in [0.25, 0.3) is 17.4 Å². The summed E-state index contributed by atoms with van der Waals surface area (Å²) in [5.74, 6) is -0.664. The van der Waals surface area contributed by atoms with E-state index in [2.05, 4.69) is 38.1 Å². The molecule has 4 rings (SSSR count). The molecule has 0 saturated heterocycles. The van der Waals surface area contributed by atoms with Crippen LogP contribution in [0, 0.1) is 0 Å². The van der Waals surface area contributed by atoms with Crippen LogP contribution in [0.5, 0.6) is 0 Å². The van der Waals surface area contributed by atoms with Crippen LogP contribution in [0.15, 0.2) is 64.4 Å². The summed E-state index contributed by atoms with van der Waals surface area (Å²) in [6, 6.07) is 9.05. The van der Waals surface area contributed by atoms with Gasteiger partial charge in [-0.25, -0.2) is 9.55 Å². The standard InChI is InChI=1S/C28H27BrF3N5O3/c1-5-15(2)34-27-35-23-14-36(25(39)18-8-11-22(29)21(13-18)28(30,31)32)16(3)12-20(23)26(40)37(27)19-9-6-17(7-10-19)24(38)33-4/h5-11,13,15-16H,1,12,14H2,2-4H3,(H,33,38)(H,34,35)/t15?,16-/m1/s1. The topological polar surface area (TPSA) is 96.3 Å². The number of hydrogen-bond donors (Lipinski definition) is 2. The maximum Gasteiger partial charge on any atom is 0.417 e. The first-order chi connectivity index (χ1) is 18.8. The van der Waals surface area contributed by atoms with Gasteiger partial charge in [-0.05, 0) is 62.7 Å². The minimum atomic E-state index is -4.64. The quantitative estimate of drug-likeness (QED) is 0.382. The van der Waals surface area contributed by atoms with Crippen LogP contribution in [0.1, 0.15) is 51.4 Å². The van der Waals surface area contributed by atoms with Gasteiger partial charge in [0.2, 0.25) is 5.95 Å². The Hall–Kier alpha value is -3.93. The summed E-state index contributed by atoms with van der Waals surface area (Å²) in [5.41, 5.74) is 0.234. The summed E-state index contributed by atoms with van der Waals surface area (Å²) in [5, 5.41) is 5.68. The third kappa shape index (κ3) is 5.67. The Balaban J connectivity index is 1.76. The van der Waals surface area contributed by atoms with Crippen LogP contribution in [0.4, 0.5) is 19.1 Å². The van der Waals surface area contributed by atoms with Crippen molar-refractivity contribution in [2.75, 3.05) is 12.4 Å². The van der Waals surface area contributed by atoms with Crippen LogP contribution < -0.4 is 16.2 Å². The fourth-order valence-corrected chi connectivity index (χ4v) is 4.95. The zero-order valence-electron chi connectivity index (χ0n) is 22.0.